The van der Waals surface area contributed by atoms with Crippen molar-refractivity contribution in [2.24, 2.45) is 23.2 Å². The molecule has 2 atom stereocenters. The molecule has 0 aromatic rings. The molecule has 0 aromatic carbocycles. The third kappa shape index (κ3) is 5.45. The van der Waals surface area contributed by atoms with E-state index < -0.39 is 0 Å². The Balaban J connectivity index is 0.000000191. The lowest BCUT2D eigenvalue weighted by Crippen LogP contribution is -2.29. The van der Waals surface area contributed by atoms with Crippen molar-refractivity contribution in [2.75, 3.05) is 13.1 Å². The molecule has 2 fully saturated rings. The largest absolute Gasteiger partial charge is 0.300 e. The summed E-state index contributed by atoms with van der Waals surface area (Å²) in [4.78, 5) is 2.56. The summed E-state index contributed by atoms with van der Waals surface area (Å²) in [5.74, 6) is 2.96. The van der Waals surface area contributed by atoms with E-state index in [2.05, 4.69) is 53.4 Å². The van der Waals surface area contributed by atoms with Gasteiger partial charge in [-0.15, -0.1) is 0 Å². The minimum absolute atomic E-state index is 0.574. The zero-order chi connectivity index (χ0) is 14.6. The second kappa shape index (κ2) is 7.11. The van der Waals surface area contributed by atoms with E-state index >= 15 is 0 Å². The number of hydrogen-bond donors (Lipinski definition) is 0. The Morgan fingerprint density at radius 3 is 1.89 bits per heavy atom. The molecule has 2 aliphatic rings. The van der Waals surface area contributed by atoms with E-state index in [1.807, 2.05) is 0 Å². The van der Waals surface area contributed by atoms with Gasteiger partial charge in [-0.25, -0.2) is 0 Å². The Morgan fingerprint density at radius 1 is 1.05 bits per heavy atom. The predicted molar refractivity (Wildman–Crippen MR) is 86.5 cm³/mol. The zero-order valence-electron chi connectivity index (χ0n) is 14.5. The molecule has 1 nitrogen and oxygen atoms in total. The van der Waals surface area contributed by atoms with Gasteiger partial charge in [-0.2, -0.15) is 0 Å². The fourth-order valence-corrected chi connectivity index (χ4v) is 3.76. The maximum atomic E-state index is 2.56. The molecule has 1 saturated carbocycles. The number of rotatable bonds is 2. The topological polar surface area (TPSA) is 3.24 Å². The van der Waals surface area contributed by atoms with Crippen molar-refractivity contribution in [3.8, 4) is 0 Å². The van der Waals surface area contributed by atoms with Crippen LogP contribution < -0.4 is 0 Å². The SMILES string of the molecule is CC(C)C1CCCC1C.CC(C)N1CCC(C)(C)C1. The maximum Gasteiger partial charge on any atom is 0.00388 e. The van der Waals surface area contributed by atoms with E-state index in [0.29, 0.717) is 5.41 Å². The molecular weight excluding hydrogens is 230 g/mol. The van der Waals surface area contributed by atoms with Gasteiger partial charge in [0.2, 0.25) is 0 Å². The molecule has 0 spiro atoms. The molecule has 0 N–H and O–H groups in total. The first-order chi connectivity index (χ1) is 8.73. The molecule has 0 aromatic heterocycles. The molecule has 0 radical (unpaired) electrons. The lowest BCUT2D eigenvalue weighted by molar-refractivity contribution is 0.243. The van der Waals surface area contributed by atoms with Gasteiger partial charge in [0, 0.05) is 12.6 Å². The molecule has 0 bridgehead atoms. The lowest BCUT2D eigenvalue weighted by atomic mass is 9.87. The molecule has 2 unspecified atom stereocenters. The summed E-state index contributed by atoms with van der Waals surface area (Å²) in [5, 5.41) is 0. The van der Waals surface area contributed by atoms with Crippen LogP contribution in [0.2, 0.25) is 0 Å². The van der Waals surface area contributed by atoms with Crippen molar-refractivity contribution < 1.29 is 0 Å². The Morgan fingerprint density at radius 2 is 1.68 bits per heavy atom. The first kappa shape index (κ1) is 17.0. The average molecular weight is 268 g/mol. The molecule has 2 rings (SSSR count). The van der Waals surface area contributed by atoms with Crippen molar-refractivity contribution in [1.29, 1.82) is 0 Å². The van der Waals surface area contributed by atoms with Gasteiger partial charge in [-0.3, -0.25) is 0 Å². The molecule has 114 valence electrons. The molecule has 1 heteroatoms. The quantitative estimate of drug-likeness (QED) is 0.664. The Kier molecular flexibility index (Phi) is 6.36. The summed E-state index contributed by atoms with van der Waals surface area (Å²) in [6.45, 7) is 19.0. The van der Waals surface area contributed by atoms with Crippen molar-refractivity contribution >= 4 is 0 Å². The molecule has 1 aliphatic carbocycles. The van der Waals surface area contributed by atoms with Crippen molar-refractivity contribution in [2.45, 2.75) is 80.2 Å². The third-order valence-corrected chi connectivity index (χ3v) is 5.22. The highest BCUT2D eigenvalue weighted by molar-refractivity contribution is 4.83. The smallest absolute Gasteiger partial charge is 0.00388 e. The third-order valence-electron chi connectivity index (χ3n) is 5.22. The highest BCUT2D eigenvalue weighted by atomic mass is 15.2. The van der Waals surface area contributed by atoms with Crippen LogP contribution >= 0.6 is 0 Å². The van der Waals surface area contributed by atoms with Crippen LogP contribution in [0.4, 0.5) is 0 Å². The number of hydrogen-bond acceptors (Lipinski definition) is 1. The van der Waals surface area contributed by atoms with E-state index in [-0.39, 0.29) is 0 Å². The molecule has 19 heavy (non-hydrogen) atoms. The van der Waals surface area contributed by atoms with Crippen LogP contribution in [0.25, 0.3) is 0 Å². The fraction of sp³-hybridized carbons (Fsp3) is 1.00. The van der Waals surface area contributed by atoms with Gasteiger partial charge in [0.25, 0.3) is 0 Å². The van der Waals surface area contributed by atoms with Crippen molar-refractivity contribution in [3.05, 3.63) is 0 Å². The Bertz CT molecular complexity index is 254. The Hall–Kier alpha value is -0.0400. The second-order valence-corrected chi connectivity index (χ2v) is 8.29. The summed E-state index contributed by atoms with van der Waals surface area (Å²) in [5.41, 5.74) is 0.574. The molecule has 1 aliphatic heterocycles. The first-order valence-corrected chi connectivity index (χ1v) is 8.47. The summed E-state index contributed by atoms with van der Waals surface area (Å²) >= 11 is 0. The van der Waals surface area contributed by atoms with Gasteiger partial charge in [0.05, 0.1) is 0 Å². The lowest BCUT2D eigenvalue weighted by Gasteiger charge is -2.22. The van der Waals surface area contributed by atoms with Crippen LogP contribution in [0.15, 0.2) is 0 Å². The highest BCUT2D eigenvalue weighted by Crippen LogP contribution is 2.36. The van der Waals surface area contributed by atoms with Crippen LogP contribution in [-0.4, -0.2) is 24.0 Å². The van der Waals surface area contributed by atoms with Crippen molar-refractivity contribution in [1.82, 2.24) is 4.90 Å². The molecule has 1 saturated heterocycles. The molecule has 1 heterocycles. The van der Waals surface area contributed by atoms with Crippen LogP contribution in [0.3, 0.4) is 0 Å². The van der Waals surface area contributed by atoms with E-state index in [0.717, 1.165) is 23.8 Å². The van der Waals surface area contributed by atoms with Gasteiger partial charge >= 0.3 is 0 Å². The van der Waals surface area contributed by atoms with E-state index in [4.69, 9.17) is 0 Å². The van der Waals surface area contributed by atoms with Gasteiger partial charge in [0.1, 0.15) is 0 Å². The summed E-state index contributed by atoms with van der Waals surface area (Å²) in [7, 11) is 0. The first-order valence-electron chi connectivity index (χ1n) is 8.47. The summed E-state index contributed by atoms with van der Waals surface area (Å²) in [6.07, 6.45) is 5.80. The van der Waals surface area contributed by atoms with Crippen LogP contribution in [0.1, 0.15) is 74.1 Å². The minimum Gasteiger partial charge on any atom is -0.300 e. The molecular formula is C18H37N. The van der Waals surface area contributed by atoms with Crippen molar-refractivity contribution in [3.63, 3.8) is 0 Å². The fourth-order valence-electron chi connectivity index (χ4n) is 3.76. The molecule has 0 amide bonds. The number of nitrogens with zero attached hydrogens (tertiary/aromatic N) is 1. The van der Waals surface area contributed by atoms with Crippen LogP contribution in [0.5, 0.6) is 0 Å². The summed E-state index contributed by atoms with van der Waals surface area (Å²) < 4.78 is 0. The van der Waals surface area contributed by atoms with Gasteiger partial charge in [-0.1, -0.05) is 47.5 Å². The van der Waals surface area contributed by atoms with E-state index in [1.165, 1.54) is 38.8 Å². The predicted octanol–water partition coefficient (Wildman–Crippen LogP) is 5.21. The van der Waals surface area contributed by atoms with Gasteiger partial charge < -0.3 is 4.90 Å². The minimum atomic E-state index is 0.574. The monoisotopic (exact) mass is 267 g/mol. The van der Waals surface area contributed by atoms with Gasteiger partial charge in [0.15, 0.2) is 0 Å². The average Bonchev–Trinajstić information content (AvgIpc) is 2.85. The standard InChI is InChI=1S/C9H19N.C9H18/c1-8(2)10-6-5-9(3,4)7-10;1-7(2)9-6-4-5-8(9)3/h8H,5-7H2,1-4H3;7-9H,4-6H2,1-3H3. The normalized spacial score (nSPS) is 30.8. The van der Waals surface area contributed by atoms with E-state index in [1.54, 1.807) is 0 Å². The number of likely N-dealkylation sites (tertiary alicyclic amines) is 1. The maximum absolute atomic E-state index is 2.56. The van der Waals surface area contributed by atoms with Crippen LogP contribution in [-0.2, 0) is 0 Å². The van der Waals surface area contributed by atoms with Gasteiger partial charge in [-0.05, 0) is 56.4 Å². The Labute approximate surface area is 122 Å². The zero-order valence-corrected chi connectivity index (χ0v) is 14.5. The van der Waals surface area contributed by atoms with Crippen LogP contribution in [0, 0.1) is 23.2 Å². The second-order valence-electron chi connectivity index (χ2n) is 8.29. The van der Waals surface area contributed by atoms with E-state index in [9.17, 15) is 0 Å². The summed E-state index contributed by atoms with van der Waals surface area (Å²) in [6, 6.07) is 0.738. The highest BCUT2D eigenvalue weighted by Gasteiger charge is 2.30.